The van der Waals surface area contributed by atoms with Crippen LogP contribution in [-0.2, 0) is 4.79 Å². The molecule has 2 rings (SSSR count). The van der Waals surface area contributed by atoms with Gasteiger partial charge in [0.1, 0.15) is 28.4 Å². The lowest BCUT2D eigenvalue weighted by Gasteiger charge is -2.16. The van der Waals surface area contributed by atoms with Gasteiger partial charge in [-0.1, -0.05) is 19.9 Å². The third kappa shape index (κ3) is 3.70. The first kappa shape index (κ1) is 17.0. The number of thiazole rings is 1. The molecule has 1 amide bonds. The second-order valence-electron chi connectivity index (χ2n) is 5.17. The molecule has 0 saturated carbocycles. The van der Waals surface area contributed by atoms with Crippen molar-refractivity contribution in [2.75, 3.05) is 0 Å². The Morgan fingerprint density at radius 2 is 1.87 bits per heavy atom. The minimum atomic E-state index is -1.16. The van der Waals surface area contributed by atoms with Crippen LogP contribution in [0.2, 0.25) is 0 Å². The second kappa shape index (κ2) is 6.82. The maximum absolute atomic E-state index is 13.7. The summed E-state index contributed by atoms with van der Waals surface area (Å²) < 4.78 is 27.4. The van der Waals surface area contributed by atoms with Crippen molar-refractivity contribution in [1.29, 1.82) is 0 Å². The smallest absolute Gasteiger partial charge is 0.326 e. The van der Waals surface area contributed by atoms with Crippen LogP contribution in [0, 0.1) is 17.6 Å². The summed E-state index contributed by atoms with van der Waals surface area (Å²) in [4.78, 5) is 27.1. The fourth-order valence-electron chi connectivity index (χ4n) is 1.92. The highest BCUT2D eigenvalue weighted by Crippen LogP contribution is 2.28. The Hall–Kier alpha value is -2.35. The van der Waals surface area contributed by atoms with E-state index in [1.807, 2.05) is 0 Å². The van der Waals surface area contributed by atoms with Crippen LogP contribution in [-0.4, -0.2) is 28.0 Å². The fraction of sp³-hybridized carbons (Fsp3) is 0.267. The number of hydrogen-bond acceptors (Lipinski definition) is 4. The van der Waals surface area contributed by atoms with Crippen molar-refractivity contribution in [2.45, 2.75) is 19.9 Å². The van der Waals surface area contributed by atoms with Gasteiger partial charge in [0.2, 0.25) is 0 Å². The van der Waals surface area contributed by atoms with Gasteiger partial charge in [0.25, 0.3) is 5.91 Å². The number of carbonyl (C=O) groups excluding carboxylic acids is 1. The molecule has 0 bridgehead atoms. The zero-order chi connectivity index (χ0) is 17.1. The van der Waals surface area contributed by atoms with Crippen LogP contribution in [0.15, 0.2) is 23.6 Å². The van der Waals surface area contributed by atoms with Crippen molar-refractivity contribution >= 4 is 23.2 Å². The van der Waals surface area contributed by atoms with Gasteiger partial charge in [-0.05, 0) is 18.1 Å². The minimum absolute atomic E-state index is 0.0159. The molecule has 2 aromatic rings. The van der Waals surface area contributed by atoms with E-state index < -0.39 is 29.6 Å². The van der Waals surface area contributed by atoms with Crippen LogP contribution in [0.1, 0.15) is 24.3 Å². The van der Waals surface area contributed by atoms with Gasteiger partial charge in [-0.25, -0.2) is 18.6 Å². The summed E-state index contributed by atoms with van der Waals surface area (Å²) in [6, 6.07) is 2.35. The maximum Gasteiger partial charge on any atom is 0.326 e. The van der Waals surface area contributed by atoms with Gasteiger partial charge in [0.15, 0.2) is 0 Å². The van der Waals surface area contributed by atoms with Gasteiger partial charge >= 0.3 is 5.97 Å². The lowest BCUT2D eigenvalue weighted by molar-refractivity contribution is -0.140. The van der Waals surface area contributed by atoms with Gasteiger partial charge in [0.05, 0.1) is 5.56 Å². The number of carboxylic acid groups (broad SMARTS) is 1. The van der Waals surface area contributed by atoms with Crippen LogP contribution in [0.4, 0.5) is 8.78 Å². The highest BCUT2D eigenvalue weighted by molar-refractivity contribution is 7.13. The number of amides is 1. The van der Waals surface area contributed by atoms with Crippen molar-refractivity contribution in [2.24, 2.45) is 5.92 Å². The number of carboxylic acids is 1. The topological polar surface area (TPSA) is 79.3 Å². The Bertz CT molecular complexity index is 726. The van der Waals surface area contributed by atoms with E-state index in [4.69, 9.17) is 5.11 Å². The van der Waals surface area contributed by atoms with Gasteiger partial charge in [-0.3, -0.25) is 4.79 Å². The molecule has 1 atom stereocenters. The minimum Gasteiger partial charge on any atom is -0.480 e. The normalized spacial score (nSPS) is 12.2. The molecule has 0 radical (unpaired) electrons. The third-order valence-electron chi connectivity index (χ3n) is 3.13. The van der Waals surface area contributed by atoms with E-state index in [0.29, 0.717) is 0 Å². The molecule has 0 fully saturated rings. The average molecular weight is 340 g/mol. The lowest BCUT2D eigenvalue weighted by Crippen LogP contribution is -2.44. The molecule has 0 aliphatic rings. The second-order valence-corrected chi connectivity index (χ2v) is 6.03. The van der Waals surface area contributed by atoms with E-state index in [9.17, 15) is 18.4 Å². The molecule has 2 N–H and O–H groups in total. The van der Waals surface area contributed by atoms with E-state index in [1.165, 1.54) is 11.4 Å². The predicted molar refractivity (Wildman–Crippen MR) is 81.2 cm³/mol. The van der Waals surface area contributed by atoms with Crippen LogP contribution in [0.5, 0.6) is 0 Å². The lowest BCUT2D eigenvalue weighted by atomic mass is 10.0. The molecule has 5 nitrogen and oxygen atoms in total. The van der Waals surface area contributed by atoms with Crippen LogP contribution >= 0.6 is 11.3 Å². The molecule has 122 valence electrons. The monoisotopic (exact) mass is 340 g/mol. The summed E-state index contributed by atoms with van der Waals surface area (Å²) in [6.45, 7) is 3.31. The molecule has 1 aromatic heterocycles. The zero-order valence-corrected chi connectivity index (χ0v) is 13.2. The Morgan fingerprint density at radius 3 is 2.39 bits per heavy atom. The molecule has 1 aromatic carbocycles. The largest absolute Gasteiger partial charge is 0.480 e. The first-order chi connectivity index (χ1) is 10.8. The SMILES string of the molecule is CC(C)[C@@H](NC(=O)c1csc(-c2c(F)cccc2F)n1)C(=O)O. The molecule has 1 heterocycles. The number of rotatable bonds is 5. The number of carbonyl (C=O) groups is 2. The predicted octanol–water partition coefficient (Wildman–Crippen LogP) is 2.93. The molecule has 23 heavy (non-hydrogen) atoms. The summed E-state index contributed by atoms with van der Waals surface area (Å²) in [6.07, 6.45) is 0. The van der Waals surface area contributed by atoms with Gasteiger partial charge in [-0.2, -0.15) is 0 Å². The van der Waals surface area contributed by atoms with E-state index >= 15 is 0 Å². The number of hydrogen-bond donors (Lipinski definition) is 2. The number of nitrogens with one attached hydrogen (secondary N) is 1. The number of benzene rings is 1. The van der Waals surface area contributed by atoms with E-state index in [-0.39, 0.29) is 22.2 Å². The quantitative estimate of drug-likeness (QED) is 0.877. The maximum atomic E-state index is 13.7. The third-order valence-corrected chi connectivity index (χ3v) is 3.99. The molecule has 0 unspecified atom stereocenters. The first-order valence-electron chi connectivity index (χ1n) is 6.74. The molecule has 0 aliphatic carbocycles. The fourth-order valence-corrected chi connectivity index (χ4v) is 2.77. The van der Waals surface area contributed by atoms with Gasteiger partial charge in [0, 0.05) is 5.38 Å². The number of nitrogens with zero attached hydrogens (tertiary/aromatic N) is 1. The Labute approximate surface area is 135 Å². The average Bonchev–Trinajstić information content (AvgIpc) is 2.93. The van der Waals surface area contributed by atoms with E-state index in [2.05, 4.69) is 10.3 Å². The summed E-state index contributed by atoms with van der Waals surface area (Å²) in [5.41, 5.74) is -0.394. The number of aromatic nitrogens is 1. The molecule has 0 saturated heterocycles. The van der Waals surface area contributed by atoms with Crippen LogP contribution < -0.4 is 5.32 Å². The van der Waals surface area contributed by atoms with Crippen molar-refractivity contribution in [3.63, 3.8) is 0 Å². The molecule has 0 aliphatic heterocycles. The Morgan fingerprint density at radius 1 is 1.26 bits per heavy atom. The number of aliphatic carboxylic acids is 1. The van der Waals surface area contributed by atoms with Gasteiger partial charge in [-0.15, -0.1) is 11.3 Å². The Kier molecular flexibility index (Phi) is 5.05. The molecular weight excluding hydrogens is 326 g/mol. The van der Waals surface area contributed by atoms with Crippen molar-refractivity contribution in [1.82, 2.24) is 10.3 Å². The molecule has 0 spiro atoms. The standard InChI is InChI=1S/C15H14F2N2O3S/c1-7(2)12(15(21)22)19-13(20)10-6-23-14(18-10)11-8(16)4-3-5-9(11)17/h3-7,12H,1-2H3,(H,19,20)(H,21,22)/t12-/m1/s1. The van der Waals surface area contributed by atoms with Gasteiger partial charge < -0.3 is 10.4 Å². The first-order valence-corrected chi connectivity index (χ1v) is 7.62. The molecule has 8 heteroatoms. The van der Waals surface area contributed by atoms with E-state index in [1.54, 1.807) is 13.8 Å². The van der Waals surface area contributed by atoms with Crippen molar-refractivity contribution < 1.29 is 23.5 Å². The van der Waals surface area contributed by atoms with Crippen molar-refractivity contribution in [3.05, 3.63) is 40.9 Å². The Balaban J connectivity index is 2.25. The summed E-state index contributed by atoms with van der Waals surface area (Å²) in [5.74, 6) is -3.75. The van der Waals surface area contributed by atoms with Crippen LogP contribution in [0.3, 0.4) is 0 Å². The van der Waals surface area contributed by atoms with Crippen molar-refractivity contribution in [3.8, 4) is 10.6 Å². The highest BCUT2D eigenvalue weighted by Gasteiger charge is 2.25. The summed E-state index contributed by atoms with van der Waals surface area (Å²) >= 11 is 0.904. The zero-order valence-electron chi connectivity index (χ0n) is 12.3. The summed E-state index contributed by atoms with van der Waals surface area (Å²) in [5, 5.41) is 12.8. The molecular formula is C15H14F2N2O3S. The van der Waals surface area contributed by atoms with Crippen LogP contribution in [0.25, 0.3) is 10.6 Å². The summed E-state index contributed by atoms with van der Waals surface area (Å²) in [7, 11) is 0. The van der Waals surface area contributed by atoms with E-state index in [0.717, 1.165) is 23.5 Å². The highest BCUT2D eigenvalue weighted by atomic mass is 32.1. The number of halogens is 2.